The average molecular weight is 545 g/mol. The molecule has 6 heteroatoms. The van der Waals surface area contributed by atoms with Crippen molar-refractivity contribution in [1.82, 2.24) is 10.6 Å². The first-order valence-corrected chi connectivity index (χ1v) is 16.3. The van der Waals surface area contributed by atoms with E-state index in [2.05, 4.69) is 24.5 Å². The van der Waals surface area contributed by atoms with E-state index in [9.17, 15) is 9.59 Å². The van der Waals surface area contributed by atoms with Gasteiger partial charge < -0.3 is 20.8 Å². The number of carboxylic acids is 2. The van der Waals surface area contributed by atoms with Crippen LogP contribution in [0.2, 0.25) is 0 Å². The van der Waals surface area contributed by atoms with Crippen LogP contribution in [0.25, 0.3) is 0 Å². The Labute approximate surface area is 237 Å². The Bertz CT molecular complexity index is 407. The van der Waals surface area contributed by atoms with Crippen molar-refractivity contribution >= 4 is 11.9 Å². The topological polar surface area (TPSA) is 98.7 Å². The zero-order valence-electron chi connectivity index (χ0n) is 26.1. The summed E-state index contributed by atoms with van der Waals surface area (Å²) in [6.45, 7) is 12.5. The Morgan fingerprint density at radius 2 is 0.605 bits per heavy atom. The van der Waals surface area contributed by atoms with Crippen LogP contribution in [0.5, 0.6) is 0 Å². The molecule has 0 fully saturated rings. The first-order valence-electron chi connectivity index (χ1n) is 16.3. The third-order valence-electron chi connectivity index (χ3n) is 6.50. The number of hydrogen-bond donors (Lipinski definition) is 4. The third-order valence-corrected chi connectivity index (χ3v) is 6.50. The van der Waals surface area contributed by atoms with Crippen molar-refractivity contribution in [3.63, 3.8) is 0 Å². The third kappa shape index (κ3) is 51.5. The van der Waals surface area contributed by atoms with Crippen molar-refractivity contribution < 1.29 is 19.8 Å². The van der Waals surface area contributed by atoms with Crippen molar-refractivity contribution in [2.24, 2.45) is 0 Å². The quantitative estimate of drug-likeness (QED) is 0.0770. The Hall–Kier alpha value is -1.14. The Kier molecular flexibility index (Phi) is 43.9. The molecule has 0 heterocycles. The van der Waals surface area contributed by atoms with Crippen molar-refractivity contribution in [3.05, 3.63) is 0 Å². The summed E-state index contributed by atoms with van der Waals surface area (Å²) in [5.74, 6) is -1.49. The molecule has 0 aliphatic carbocycles. The fraction of sp³-hybridized carbons (Fsp3) is 0.938. The summed E-state index contributed by atoms with van der Waals surface area (Å²) in [6, 6.07) is 0. The van der Waals surface area contributed by atoms with E-state index < -0.39 is 11.9 Å². The molecule has 0 saturated heterocycles. The van der Waals surface area contributed by atoms with Crippen LogP contribution in [0.15, 0.2) is 0 Å². The van der Waals surface area contributed by atoms with Crippen molar-refractivity contribution in [1.29, 1.82) is 0 Å². The van der Waals surface area contributed by atoms with Crippen LogP contribution < -0.4 is 10.6 Å². The van der Waals surface area contributed by atoms with E-state index in [0.717, 1.165) is 13.1 Å². The summed E-state index contributed by atoms with van der Waals surface area (Å²) in [5, 5.41) is 22.6. The van der Waals surface area contributed by atoms with Gasteiger partial charge in [-0.05, 0) is 25.9 Å². The molecule has 230 valence electrons. The molecule has 0 aliphatic rings. The van der Waals surface area contributed by atoms with Crippen LogP contribution in [-0.2, 0) is 9.59 Å². The number of rotatable bonds is 27. The summed E-state index contributed by atoms with van der Waals surface area (Å²) in [6.07, 6.45) is 29.0. The lowest BCUT2D eigenvalue weighted by Crippen LogP contribution is -2.28. The van der Waals surface area contributed by atoms with Crippen LogP contribution in [0.3, 0.4) is 0 Å². The molecule has 6 nitrogen and oxygen atoms in total. The van der Waals surface area contributed by atoms with Crippen LogP contribution in [0.1, 0.15) is 169 Å². The van der Waals surface area contributed by atoms with Crippen LogP contribution in [0, 0.1) is 0 Å². The van der Waals surface area contributed by atoms with E-state index in [-0.39, 0.29) is 12.8 Å². The standard InChI is InChI=1S/C26H56N2.2C3H6O2/c1-3-5-7-9-11-13-15-17-19-21-23-27-25-26-28-24-22-20-18-16-14-12-10-8-6-4-2;2*1-2-3(4)5/h27-28H,3-26H2,1-2H3;2*2H2,1H3,(H,4,5). The van der Waals surface area contributed by atoms with E-state index in [0.29, 0.717) is 0 Å². The largest absolute Gasteiger partial charge is 0.481 e. The highest BCUT2D eigenvalue weighted by molar-refractivity contribution is 5.66. The summed E-state index contributed by atoms with van der Waals surface area (Å²) in [4.78, 5) is 18.7. The second-order valence-electron chi connectivity index (χ2n) is 10.4. The number of unbranched alkanes of at least 4 members (excludes halogenated alkanes) is 18. The lowest BCUT2D eigenvalue weighted by molar-refractivity contribution is -0.137. The van der Waals surface area contributed by atoms with Gasteiger partial charge >= 0.3 is 11.9 Å². The number of carboxylic acid groups (broad SMARTS) is 2. The monoisotopic (exact) mass is 545 g/mol. The number of carbonyl (C=O) groups is 2. The van der Waals surface area contributed by atoms with Crippen molar-refractivity contribution in [2.75, 3.05) is 26.2 Å². The van der Waals surface area contributed by atoms with Gasteiger partial charge in [0.25, 0.3) is 0 Å². The molecule has 0 aromatic rings. The predicted octanol–water partition coefficient (Wildman–Crippen LogP) is 8.97. The molecule has 0 bridgehead atoms. The molecular formula is C32H68N2O4. The minimum atomic E-state index is -0.745. The van der Waals surface area contributed by atoms with Gasteiger partial charge in [0.05, 0.1) is 0 Å². The molecule has 0 rings (SSSR count). The molecule has 0 aliphatic heterocycles. The van der Waals surface area contributed by atoms with Crippen molar-refractivity contribution in [2.45, 2.75) is 169 Å². The summed E-state index contributed by atoms with van der Waals surface area (Å²) in [7, 11) is 0. The molecule has 0 atom stereocenters. The molecule has 0 aromatic heterocycles. The fourth-order valence-corrected chi connectivity index (χ4v) is 3.90. The van der Waals surface area contributed by atoms with Gasteiger partial charge in [-0.25, -0.2) is 0 Å². The lowest BCUT2D eigenvalue weighted by Gasteiger charge is -2.07. The maximum absolute atomic E-state index is 9.37. The molecule has 0 amide bonds. The zero-order chi connectivity index (χ0) is 29.0. The van der Waals surface area contributed by atoms with Gasteiger partial charge in [-0.1, -0.05) is 143 Å². The van der Waals surface area contributed by atoms with Gasteiger partial charge in [0.1, 0.15) is 0 Å². The molecule has 4 N–H and O–H groups in total. The van der Waals surface area contributed by atoms with E-state index in [1.54, 1.807) is 13.8 Å². The smallest absolute Gasteiger partial charge is 0.303 e. The van der Waals surface area contributed by atoms with Gasteiger partial charge in [-0.3, -0.25) is 9.59 Å². The van der Waals surface area contributed by atoms with E-state index in [1.165, 1.54) is 142 Å². The molecule has 0 unspecified atom stereocenters. The maximum atomic E-state index is 9.37. The minimum absolute atomic E-state index is 0.222. The molecule has 0 radical (unpaired) electrons. The Balaban J connectivity index is -0.00000103. The SMILES string of the molecule is CCC(=O)O.CCC(=O)O.CCCCCCCCCCCCNCCNCCCCCCCCCCCC. The van der Waals surface area contributed by atoms with Crippen LogP contribution >= 0.6 is 0 Å². The van der Waals surface area contributed by atoms with Crippen LogP contribution in [-0.4, -0.2) is 48.3 Å². The minimum Gasteiger partial charge on any atom is -0.481 e. The molecule has 0 spiro atoms. The summed E-state index contributed by atoms with van der Waals surface area (Å²) < 4.78 is 0. The highest BCUT2D eigenvalue weighted by atomic mass is 16.4. The number of nitrogens with one attached hydrogen (secondary N) is 2. The molecule has 0 aromatic carbocycles. The van der Waals surface area contributed by atoms with Crippen molar-refractivity contribution in [3.8, 4) is 0 Å². The molecule has 38 heavy (non-hydrogen) atoms. The van der Waals surface area contributed by atoms with Gasteiger partial charge in [0, 0.05) is 25.9 Å². The highest BCUT2D eigenvalue weighted by Gasteiger charge is 1.95. The normalized spacial score (nSPS) is 10.3. The fourth-order valence-electron chi connectivity index (χ4n) is 3.90. The highest BCUT2D eigenvalue weighted by Crippen LogP contribution is 2.11. The zero-order valence-corrected chi connectivity index (χ0v) is 26.1. The van der Waals surface area contributed by atoms with Crippen LogP contribution in [0.4, 0.5) is 0 Å². The van der Waals surface area contributed by atoms with E-state index in [4.69, 9.17) is 10.2 Å². The number of aliphatic carboxylic acids is 2. The summed E-state index contributed by atoms with van der Waals surface area (Å²) >= 11 is 0. The lowest BCUT2D eigenvalue weighted by atomic mass is 10.1. The number of hydrogen-bond acceptors (Lipinski definition) is 4. The van der Waals surface area contributed by atoms with Gasteiger partial charge in [0.15, 0.2) is 0 Å². The molecular weight excluding hydrogens is 476 g/mol. The van der Waals surface area contributed by atoms with E-state index >= 15 is 0 Å². The maximum Gasteiger partial charge on any atom is 0.303 e. The average Bonchev–Trinajstić information content (AvgIpc) is 2.91. The first-order chi connectivity index (χ1) is 18.5. The first kappa shape index (κ1) is 41.3. The van der Waals surface area contributed by atoms with Gasteiger partial charge in [0.2, 0.25) is 0 Å². The van der Waals surface area contributed by atoms with Gasteiger partial charge in [-0.15, -0.1) is 0 Å². The second-order valence-corrected chi connectivity index (χ2v) is 10.4. The van der Waals surface area contributed by atoms with E-state index in [1.807, 2.05) is 0 Å². The summed E-state index contributed by atoms with van der Waals surface area (Å²) in [5.41, 5.74) is 0. The molecule has 0 saturated carbocycles. The predicted molar refractivity (Wildman–Crippen MR) is 165 cm³/mol. The van der Waals surface area contributed by atoms with Gasteiger partial charge in [-0.2, -0.15) is 0 Å². The second kappa shape index (κ2) is 40.4. The Morgan fingerprint density at radius 3 is 0.816 bits per heavy atom. The Morgan fingerprint density at radius 1 is 0.395 bits per heavy atom.